The van der Waals surface area contributed by atoms with Gasteiger partial charge in [-0.2, -0.15) is 13.2 Å². The molecule has 0 aromatic heterocycles. The molecule has 1 aliphatic heterocycles. The molecule has 0 aliphatic carbocycles. The van der Waals surface area contributed by atoms with Gasteiger partial charge in [-0.05, 0) is 44.4 Å². The van der Waals surface area contributed by atoms with E-state index in [0.29, 0.717) is 28.0 Å². The van der Waals surface area contributed by atoms with Crippen molar-refractivity contribution in [3.05, 3.63) is 63.7 Å². The van der Waals surface area contributed by atoms with Crippen LogP contribution in [0.4, 0.5) is 23.2 Å². The lowest BCUT2D eigenvalue weighted by molar-refractivity contribution is -0.142. The number of nitrogens with one attached hydrogen (secondary N) is 1. The number of ether oxygens (including phenoxy) is 3. The first-order chi connectivity index (χ1) is 17.5. The number of cyclic esters (lactones) is 1. The molecule has 3 rings (SSSR count). The first-order valence-corrected chi connectivity index (χ1v) is 11.3. The molecular formula is C26H25F4NO6. The minimum atomic E-state index is -4.67. The van der Waals surface area contributed by atoms with Crippen molar-refractivity contribution in [1.82, 2.24) is 0 Å². The fourth-order valence-corrected chi connectivity index (χ4v) is 4.00. The number of rotatable bonds is 9. The number of carbonyl (C=O) groups is 3. The van der Waals surface area contributed by atoms with E-state index >= 15 is 0 Å². The highest BCUT2D eigenvalue weighted by Gasteiger charge is 2.35. The van der Waals surface area contributed by atoms with Crippen LogP contribution in [0.5, 0.6) is 11.5 Å². The summed E-state index contributed by atoms with van der Waals surface area (Å²) < 4.78 is 67.9. The Bertz CT molecular complexity index is 1250. The minimum Gasteiger partial charge on any atom is -0.496 e. The van der Waals surface area contributed by atoms with Gasteiger partial charge in [-0.1, -0.05) is 23.8 Å². The molecule has 2 aromatic rings. The van der Waals surface area contributed by atoms with Crippen molar-refractivity contribution < 1.29 is 46.2 Å². The van der Waals surface area contributed by atoms with E-state index in [1.54, 1.807) is 19.9 Å². The Morgan fingerprint density at radius 2 is 1.89 bits per heavy atom. The van der Waals surface area contributed by atoms with Crippen molar-refractivity contribution in [3.63, 3.8) is 0 Å². The molecule has 0 spiro atoms. The number of hydrogen-bond donors (Lipinski definition) is 1. The van der Waals surface area contributed by atoms with Crippen molar-refractivity contribution in [1.29, 1.82) is 0 Å². The molecule has 11 heteroatoms. The zero-order chi connectivity index (χ0) is 27.3. The number of para-hydroxylation sites is 1. The predicted molar refractivity (Wildman–Crippen MR) is 125 cm³/mol. The van der Waals surface area contributed by atoms with E-state index in [0.717, 1.165) is 12.1 Å². The molecule has 1 amide bonds. The van der Waals surface area contributed by atoms with Crippen molar-refractivity contribution >= 4 is 23.5 Å². The third-order valence-electron chi connectivity index (χ3n) is 5.86. The van der Waals surface area contributed by atoms with Crippen molar-refractivity contribution in [3.8, 4) is 11.5 Å². The van der Waals surface area contributed by atoms with Gasteiger partial charge in [0.2, 0.25) is 0 Å². The molecule has 0 atom stereocenters. The first-order valence-electron chi connectivity index (χ1n) is 11.3. The van der Waals surface area contributed by atoms with E-state index in [1.807, 2.05) is 0 Å². The lowest BCUT2D eigenvalue weighted by Gasteiger charge is -2.19. The Labute approximate surface area is 210 Å². The summed E-state index contributed by atoms with van der Waals surface area (Å²) in [7, 11) is 1.42. The van der Waals surface area contributed by atoms with Crippen LogP contribution in [-0.2, 0) is 33.5 Å². The van der Waals surface area contributed by atoms with E-state index in [2.05, 4.69) is 5.32 Å². The van der Waals surface area contributed by atoms with Crippen LogP contribution in [0.25, 0.3) is 0 Å². The molecule has 1 heterocycles. The van der Waals surface area contributed by atoms with Gasteiger partial charge in [0.1, 0.15) is 18.1 Å². The second-order valence-corrected chi connectivity index (χ2v) is 8.35. The van der Waals surface area contributed by atoms with Crippen molar-refractivity contribution in [2.75, 3.05) is 19.1 Å². The van der Waals surface area contributed by atoms with Gasteiger partial charge in [-0.25, -0.2) is 9.18 Å². The van der Waals surface area contributed by atoms with Crippen LogP contribution < -0.4 is 14.8 Å². The highest BCUT2D eigenvalue weighted by molar-refractivity contribution is 6.06. The number of allylic oxidation sites excluding steroid dienone is 2. The molecule has 1 aliphatic rings. The zero-order valence-corrected chi connectivity index (χ0v) is 20.4. The normalized spacial score (nSPS) is 13.2. The van der Waals surface area contributed by atoms with E-state index in [9.17, 15) is 31.9 Å². The Kier molecular flexibility index (Phi) is 8.57. The van der Waals surface area contributed by atoms with Crippen molar-refractivity contribution in [2.45, 2.75) is 45.9 Å². The summed E-state index contributed by atoms with van der Waals surface area (Å²) in [5, 5.41) is 2.42. The highest BCUT2D eigenvalue weighted by Crippen LogP contribution is 2.41. The van der Waals surface area contributed by atoms with Crippen LogP contribution in [0.15, 0.2) is 35.9 Å². The summed E-state index contributed by atoms with van der Waals surface area (Å²) >= 11 is 0. The maximum absolute atomic E-state index is 13.1. The molecule has 37 heavy (non-hydrogen) atoms. The first kappa shape index (κ1) is 27.7. The quantitative estimate of drug-likeness (QED) is 0.203. The van der Waals surface area contributed by atoms with E-state index in [1.165, 1.54) is 19.2 Å². The lowest BCUT2D eigenvalue weighted by Crippen LogP contribution is -2.18. The summed E-state index contributed by atoms with van der Waals surface area (Å²) in [6, 6.07) is 4.44. The third kappa shape index (κ3) is 6.28. The highest BCUT2D eigenvalue weighted by atomic mass is 19.4. The number of carbonyl (C=O) groups excluding carboxylic acids is 3. The lowest BCUT2D eigenvalue weighted by atomic mass is 9.93. The fourth-order valence-electron chi connectivity index (χ4n) is 4.00. The van der Waals surface area contributed by atoms with E-state index in [4.69, 9.17) is 14.2 Å². The summed E-state index contributed by atoms with van der Waals surface area (Å²) in [5.41, 5.74) is 1.45. The summed E-state index contributed by atoms with van der Waals surface area (Å²) in [6.07, 6.45) is -2.82. The molecular weight excluding hydrogens is 498 g/mol. The number of amides is 1. The molecule has 0 fully saturated rings. The number of fused-ring (bicyclic) bond motifs is 1. The number of methoxy groups -OCH3 is 1. The molecule has 2 aromatic carbocycles. The van der Waals surface area contributed by atoms with Crippen LogP contribution in [0.2, 0.25) is 0 Å². The fraction of sp³-hybridized carbons (Fsp3) is 0.346. The van der Waals surface area contributed by atoms with Gasteiger partial charge in [-0.3, -0.25) is 9.59 Å². The Balaban J connectivity index is 1.79. The van der Waals surface area contributed by atoms with Crippen LogP contribution in [0.1, 0.15) is 52.4 Å². The molecule has 0 bridgehead atoms. The van der Waals surface area contributed by atoms with Gasteiger partial charge in [0.15, 0.2) is 6.67 Å². The molecule has 1 N–H and O–H groups in total. The van der Waals surface area contributed by atoms with Gasteiger partial charge in [0.25, 0.3) is 5.91 Å². The monoisotopic (exact) mass is 523 g/mol. The average molecular weight is 523 g/mol. The summed E-state index contributed by atoms with van der Waals surface area (Å²) in [6.45, 7) is 2.13. The topological polar surface area (TPSA) is 90.9 Å². The Morgan fingerprint density at radius 1 is 1.19 bits per heavy atom. The van der Waals surface area contributed by atoms with Crippen LogP contribution in [0.3, 0.4) is 0 Å². The number of esters is 2. The summed E-state index contributed by atoms with van der Waals surface area (Å²) in [4.78, 5) is 36.4. The molecule has 0 saturated heterocycles. The van der Waals surface area contributed by atoms with Crippen LogP contribution in [0, 0.1) is 6.92 Å². The van der Waals surface area contributed by atoms with Crippen LogP contribution in [-0.4, -0.2) is 31.6 Å². The molecule has 198 valence electrons. The average Bonchev–Trinajstić information content (AvgIpc) is 3.24. The number of alkyl halides is 4. The van der Waals surface area contributed by atoms with Gasteiger partial charge in [-0.15, -0.1) is 0 Å². The molecule has 0 radical (unpaired) electrons. The maximum atomic E-state index is 13.1. The minimum absolute atomic E-state index is 0.0103. The van der Waals surface area contributed by atoms with E-state index < -0.39 is 42.0 Å². The van der Waals surface area contributed by atoms with Crippen molar-refractivity contribution in [2.24, 2.45) is 0 Å². The number of anilines is 1. The van der Waals surface area contributed by atoms with E-state index in [-0.39, 0.29) is 37.1 Å². The Hall–Kier alpha value is -3.89. The van der Waals surface area contributed by atoms with Gasteiger partial charge >= 0.3 is 18.1 Å². The number of halogens is 4. The van der Waals surface area contributed by atoms with Gasteiger partial charge in [0.05, 0.1) is 23.9 Å². The molecule has 0 saturated carbocycles. The molecule has 7 nitrogen and oxygen atoms in total. The number of hydrogen-bond acceptors (Lipinski definition) is 6. The van der Waals surface area contributed by atoms with Gasteiger partial charge in [0, 0.05) is 17.5 Å². The predicted octanol–water partition coefficient (Wildman–Crippen LogP) is 5.48. The zero-order valence-electron chi connectivity index (χ0n) is 20.4. The standard InChI is InChI=1S/C26H25F4NO6/c1-14(9-11-21(33)37-19-7-5-4-6-18(19)26(28,29)30)8-10-16-23(31-20(32)12-27)22-17(13-36-25(22)34)15(2)24(16)35-3/h4-8H,9-13H2,1-3H3,(H,31,32). The van der Waals surface area contributed by atoms with Gasteiger partial charge < -0.3 is 19.5 Å². The van der Waals surface area contributed by atoms with Crippen LogP contribution >= 0.6 is 0 Å². The largest absolute Gasteiger partial charge is 0.496 e. The second kappa shape index (κ2) is 11.4. The SMILES string of the molecule is COc1c(C)c2c(c(NC(=O)CF)c1CC=C(C)CCC(=O)Oc1ccccc1C(F)(F)F)C(=O)OC2. The third-order valence-corrected chi connectivity index (χ3v) is 5.86. The maximum Gasteiger partial charge on any atom is 0.419 e. The summed E-state index contributed by atoms with van der Waals surface area (Å²) in [5.74, 6) is -2.62. The Morgan fingerprint density at radius 3 is 2.54 bits per heavy atom. The second-order valence-electron chi connectivity index (χ2n) is 8.35. The number of benzene rings is 2. The smallest absolute Gasteiger partial charge is 0.419 e. The molecule has 0 unspecified atom stereocenters.